The Morgan fingerprint density at radius 1 is 1.19 bits per heavy atom. The highest BCUT2D eigenvalue weighted by atomic mass is 16.4. The van der Waals surface area contributed by atoms with Crippen molar-refractivity contribution >= 4 is 11.9 Å². The van der Waals surface area contributed by atoms with Crippen LogP contribution in [-0.2, 0) is 11.3 Å². The van der Waals surface area contributed by atoms with Crippen molar-refractivity contribution < 1.29 is 14.7 Å². The first-order chi connectivity index (χ1) is 10.1. The largest absolute Gasteiger partial charge is 0.478 e. The minimum atomic E-state index is -0.934. The van der Waals surface area contributed by atoms with Gasteiger partial charge in [0.15, 0.2) is 0 Å². The van der Waals surface area contributed by atoms with E-state index in [0.29, 0.717) is 13.0 Å². The van der Waals surface area contributed by atoms with Gasteiger partial charge in [0.05, 0.1) is 5.56 Å². The molecule has 0 saturated carbocycles. The lowest BCUT2D eigenvalue weighted by molar-refractivity contribution is -0.130. The molecule has 0 bridgehead atoms. The molecule has 0 aromatic heterocycles. The molecule has 21 heavy (non-hydrogen) atoms. The van der Waals surface area contributed by atoms with E-state index in [0.717, 1.165) is 25.2 Å². The molecule has 0 radical (unpaired) electrons. The van der Waals surface area contributed by atoms with Crippen molar-refractivity contribution in [2.24, 2.45) is 0 Å². The summed E-state index contributed by atoms with van der Waals surface area (Å²) >= 11 is 0. The zero-order valence-corrected chi connectivity index (χ0v) is 12.4. The molecule has 1 aromatic rings. The Morgan fingerprint density at radius 2 is 1.81 bits per heavy atom. The molecule has 1 aliphatic rings. The Labute approximate surface area is 125 Å². The van der Waals surface area contributed by atoms with Crippen molar-refractivity contribution in [2.45, 2.75) is 25.8 Å². The summed E-state index contributed by atoms with van der Waals surface area (Å²) in [5.74, 6) is -0.805. The van der Waals surface area contributed by atoms with Gasteiger partial charge in [-0.1, -0.05) is 12.1 Å². The maximum Gasteiger partial charge on any atom is 0.335 e. The quantitative estimate of drug-likeness (QED) is 0.868. The van der Waals surface area contributed by atoms with Crippen molar-refractivity contribution in [2.75, 3.05) is 26.7 Å². The number of amides is 1. The fraction of sp³-hybridized carbons (Fsp3) is 0.500. The van der Waals surface area contributed by atoms with E-state index in [1.54, 1.807) is 36.2 Å². The number of likely N-dealkylation sites (tertiary alicyclic amines) is 1. The molecule has 5 heteroatoms. The van der Waals surface area contributed by atoms with E-state index in [2.05, 4.69) is 4.90 Å². The molecule has 1 N–H and O–H groups in total. The Hall–Kier alpha value is -1.88. The molecular weight excluding hydrogens is 268 g/mol. The molecule has 0 unspecified atom stereocenters. The minimum absolute atomic E-state index is 0.129. The van der Waals surface area contributed by atoms with Gasteiger partial charge in [0.1, 0.15) is 0 Å². The lowest BCUT2D eigenvalue weighted by Gasteiger charge is -2.20. The van der Waals surface area contributed by atoms with Gasteiger partial charge in [0.25, 0.3) is 0 Å². The molecule has 5 nitrogen and oxygen atoms in total. The number of hydrogen-bond donors (Lipinski definition) is 1. The van der Waals surface area contributed by atoms with Gasteiger partial charge in [-0.15, -0.1) is 0 Å². The van der Waals surface area contributed by atoms with Crippen LogP contribution in [0.1, 0.15) is 35.2 Å². The van der Waals surface area contributed by atoms with Crippen LogP contribution in [0.2, 0.25) is 0 Å². The zero-order chi connectivity index (χ0) is 15.2. The lowest BCUT2D eigenvalue weighted by atomic mass is 10.1. The predicted octanol–water partition coefficient (Wildman–Crippen LogP) is 1.83. The van der Waals surface area contributed by atoms with E-state index in [9.17, 15) is 9.59 Å². The van der Waals surface area contributed by atoms with Crippen LogP contribution < -0.4 is 0 Å². The molecule has 0 aliphatic carbocycles. The molecular formula is C16H22N2O3. The Bertz CT molecular complexity index is 493. The summed E-state index contributed by atoms with van der Waals surface area (Å²) in [5, 5.41) is 8.85. The SMILES string of the molecule is CN(Cc1ccc(C(=O)O)cc1)C(=O)CCN1CCCC1. The fourth-order valence-corrected chi connectivity index (χ4v) is 2.57. The summed E-state index contributed by atoms with van der Waals surface area (Å²) in [6.07, 6.45) is 3.02. The Balaban J connectivity index is 1.80. The second kappa shape index (κ2) is 7.22. The van der Waals surface area contributed by atoms with Crippen molar-refractivity contribution in [1.29, 1.82) is 0 Å². The highest BCUT2D eigenvalue weighted by Crippen LogP contribution is 2.10. The van der Waals surface area contributed by atoms with Crippen LogP contribution in [0.15, 0.2) is 24.3 Å². The smallest absolute Gasteiger partial charge is 0.335 e. The third kappa shape index (κ3) is 4.56. The average Bonchev–Trinajstić information content (AvgIpc) is 2.98. The minimum Gasteiger partial charge on any atom is -0.478 e. The summed E-state index contributed by atoms with van der Waals surface area (Å²) in [4.78, 5) is 26.9. The standard InChI is InChI=1S/C16H22N2O3/c1-17(15(19)8-11-18-9-2-3-10-18)12-13-4-6-14(7-5-13)16(20)21/h4-7H,2-3,8-12H2,1H3,(H,20,21). The third-order valence-corrected chi connectivity index (χ3v) is 3.89. The summed E-state index contributed by atoms with van der Waals surface area (Å²) in [7, 11) is 1.79. The molecule has 2 rings (SSSR count). The fourth-order valence-electron chi connectivity index (χ4n) is 2.57. The van der Waals surface area contributed by atoms with E-state index in [1.807, 2.05) is 0 Å². The van der Waals surface area contributed by atoms with Gasteiger partial charge >= 0.3 is 5.97 Å². The monoisotopic (exact) mass is 290 g/mol. The first-order valence-electron chi connectivity index (χ1n) is 7.35. The van der Waals surface area contributed by atoms with Gasteiger partial charge < -0.3 is 14.9 Å². The van der Waals surface area contributed by atoms with Crippen LogP contribution in [0.25, 0.3) is 0 Å². The van der Waals surface area contributed by atoms with Crippen molar-refractivity contribution in [3.63, 3.8) is 0 Å². The average molecular weight is 290 g/mol. The summed E-state index contributed by atoms with van der Waals surface area (Å²) < 4.78 is 0. The highest BCUT2D eigenvalue weighted by Gasteiger charge is 2.15. The number of carbonyl (C=O) groups is 2. The van der Waals surface area contributed by atoms with E-state index in [-0.39, 0.29) is 11.5 Å². The van der Waals surface area contributed by atoms with Gasteiger partial charge in [-0.2, -0.15) is 0 Å². The molecule has 1 aliphatic heterocycles. The first kappa shape index (κ1) is 15.5. The van der Waals surface area contributed by atoms with Gasteiger partial charge in [-0.25, -0.2) is 4.79 Å². The van der Waals surface area contributed by atoms with Crippen LogP contribution in [-0.4, -0.2) is 53.5 Å². The van der Waals surface area contributed by atoms with Crippen LogP contribution in [0.3, 0.4) is 0 Å². The Kier molecular flexibility index (Phi) is 5.33. The molecule has 0 spiro atoms. The summed E-state index contributed by atoms with van der Waals surface area (Å²) in [5.41, 5.74) is 1.21. The maximum absolute atomic E-state index is 12.1. The number of carboxylic acid groups (broad SMARTS) is 1. The van der Waals surface area contributed by atoms with Crippen LogP contribution in [0, 0.1) is 0 Å². The number of carboxylic acids is 1. The second-order valence-corrected chi connectivity index (χ2v) is 5.55. The molecule has 1 amide bonds. The number of carbonyl (C=O) groups excluding carboxylic acids is 1. The topological polar surface area (TPSA) is 60.9 Å². The molecule has 1 fully saturated rings. The van der Waals surface area contributed by atoms with Gasteiger partial charge in [-0.05, 0) is 43.6 Å². The van der Waals surface area contributed by atoms with E-state index < -0.39 is 5.97 Å². The van der Waals surface area contributed by atoms with E-state index in [4.69, 9.17) is 5.11 Å². The molecule has 0 atom stereocenters. The van der Waals surface area contributed by atoms with Crippen molar-refractivity contribution in [3.05, 3.63) is 35.4 Å². The van der Waals surface area contributed by atoms with E-state index in [1.165, 1.54) is 12.8 Å². The van der Waals surface area contributed by atoms with Crippen LogP contribution in [0.5, 0.6) is 0 Å². The maximum atomic E-state index is 12.1. The second-order valence-electron chi connectivity index (χ2n) is 5.55. The first-order valence-corrected chi connectivity index (χ1v) is 7.35. The van der Waals surface area contributed by atoms with Crippen molar-refractivity contribution in [1.82, 2.24) is 9.80 Å². The number of benzene rings is 1. The molecule has 1 aromatic carbocycles. The number of hydrogen-bond acceptors (Lipinski definition) is 3. The third-order valence-electron chi connectivity index (χ3n) is 3.89. The van der Waals surface area contributed by atoms with Gasteiger partial charge in [-0.3, -0.25) is 4.79 Å². The van der Waals surface area contributed by atoms with Gasteiger partial charge in [0, 0.05) is 26.6 Å². The molecule has 114 valence electrons. The number of nitrogens with zero attached hydrogens (tertiary/aromatic N) is 2. The van der Waals surface area contributed by atoms with Crippen LogP contribution in [0.4, 0.5) is 0 Å². The highest BCUT2D eigenvalue weighted by molar-refractivity contribution is 5.87. The van der Waals surface area contributed by atoms with Crippen molar-refractivity contribution in [3.8, 4) is 0 Å². The predicted molar refractivity (Wildman–Crippen MR) is 80.2 cm³/mol. The van der Waals surface area contributed by atoms with E-state index >= 15 is 0 Å². The molecule has 1 heterocycles. The molecule has 1 saturated heterocycles. The summed E-state index contributed by atoms with van der Waals surface area (Å²) in [6, 6.07) is 6.65. The van der Waals surface area contributed by atoms with Gasteiger partial charge in [0.2, 0.25) is 5.91 Å². The zero-order valence-electron chi connectivity index (χ0n) is 12.4. The Morgan fingerprint density at radius 3 is 2.38 bits per heavy atom. The normalized spacial score (nSPS) is 15.1. The number of aromatic carboxylic acids is 1. The van der Waals surface area contributed by atoms with Crippen LogP contribution >= 0.6 is 0 Å². The number of rotatable bonds is 6. The lowest BCUT2D eigenvalue weighted by Crippen LogP contribution is -2.30. The summed E-state index contributed by atoms with van der Waals surface area (Å²) in [6.45, 7) is 3.56.